The Labute approximate surface area is 173 Å². The Kier molecular flexibility index (Phi) is 4.25. The van der Waals surface area contributed by atoms with Crippen LogP contribution in [0, 0.1) is 0 Å². The van der Waals surface area contributed by atoms with E-state index in [0.29, 0.717) is 17.1 Å². The van der Waals surface area contributed by atoms with Crippen molar-refractivity contribution >= 4 is 23.2 Å². The molecule has 0 saturated carbocycles. The molecule has 2 aromatic heterocycles. The number of para-hydroxylation sites is 1. The van der Waals surface area contributed by atoms with Crippen molar-refractivity contribution in [3.63, 3.8) is 0 Å². The van der Waals surface area contributed by atoms with Gasteiger partial charge in [-0.3, -0.25) is 9.48 Å². The van der Waals surface area contributed by atoms with Gasteiger partial charge in [-0.25, -0.2) is 0 Å². The third-order valence-electron chi connectivity index (χ3n) is 5.43. The van der Waals surface area contributed by atoms with Crippen molar-refractivity contribution in [3.05, 3.63) is 94.9 Å². The molecule has 5 rings (SSSR count). The summed E-state index contributed by atoms with van der Waals surface area (Å²) in [5.41, 5.74) is 5.50. The molecule has 1 aliphatic rings. The molecule has 5 nitrogen and oxygen atoms in total. The Morgan fingerprint density at radius 1 is 1.03 bits per heavy atom. The fourth-order valence-corrected chi connectivity index (χ4v) is 4.18. The predicted octanol–water partition coefficient (Wildman–Crippen LogP) is 4.75. The van der Waals surface area contributed by atoms with Crippen LogP contribution in [0.25, 0.3) is 11.3 Å². The Hall–Kier alpha value is -3.31. The van der Waals surface area contributed by atoms with E-state index in [2.05, 4.69) is 28.0 Å². The van der Waals surface area contributed by atoms with Crippen molar-refractivity contribution in [1.82, 2.24) is 14.3 Å². The lowest BCUT2D eigenvalue weighted by Crippen LogP contribution is -2.30. The highest BCUT2D eigenvalue weighted by Gasteiger charge is 2.26. The second-order valence-corrected chi connectivity index (χ2v) is 7.59. The summed E-state index contributed by atoms with van der Waals surface area (Å²) in [4.78, 5) is 15.4. The molecule has 6 heteroatoms. The molecule has 29 heavy (non-hydrogen) atoms. The summed E-state index contributed by atoms with van der Waals surface area (Å²) in [5, 5.41) is 4.64. The van der Waals surface area contributed by atoms with Crippen molar-refractivity contribution in [3.8, 4) is 11.3 Å². The van der Waals surface area contributed by atoms with Crippen LogP contribution in [-0.4, -0.2) is 20.3 Å². The fraction of sp³-hybridized carbons (Fsp3) is 0.130. The fourth-order valence-electron chi connectivity index (χ4n) is 3.92. The Balaban J connectivity index is 1.56. The summed E-state index contributed by atoms with van der Waals surface area (Å²) >= 11 is 6.58. The van der Waals surface area contributed by atoms with Gasteiger partial charge in [-0.2, -0.15) is 5.10 Å². The standard InChI is InChI=1S/C23H19ClN4O/c1-26-21(10-11-25-26)16-8-9-19(20(24)13-16)23(29)28-15-18-6-4-12-27(18)14-17-5-2-3-7-22(17)28/h2-13H,14-15H2,1H3. The largest absolute Gasteiger partial charge is 0.345 e. The van der Waals surface area contributed by atoms with Gasteiger partial charge in [0.1, 0.15) is 0 Å². The molecular weight excluding hydrogens is 384 g/mol. The van der Waals surface area contributed by atoms with Gasteiger partial charge in [0.25, 0.3) is 5.91 Å². The molecule has 0 radical (unpaired) electrons. The lowest BCUT2D eigenvalue weighted by atomic mass is 10.1. The number of aromatic nitrogens is 3. The van der Waals surface area contributed by atoms with Gasteiger partial charge in [0.15, 0.2) is 0 Å². The molecule has 2 aromatic carbocycles. The molecule has 0 bridgehead atoms. The summed E-state index contributed by atoms with van der Waals surface area (Å²) in [6.45, 7) is 1.25. The number of hydrogen-bond acceptors (Lipinski definition) is 2. The third kappa shape index (κ3) is 3.04. The van der Waals surface area contributed by atoms with Gasteiger partial charge < -0.3 is 9.47 Å². The van der Waals surface area contributed by atoms with Gasteiger partial charge in [0.2, 0.25) is 0 Å². The summed E-state index contributed by atoms with van der Waals surface area (Å²) < 4.78 is 3.96. The molecule has 0 spiro atoms. The molecule has 0 N–H and O–H groups in total. The maximum atomic E-state index is 13.5. The third-order valence-corrected chi connectivity index (χ3v) is 5.74. The first-order valence-electron chi connectivity index (χ1n) is 9.43. The van der Waals surface area contributed by atoms with E-state index in [4.69, 9.17) is 11.6 Å². The van der Waals surface area contributed by atoms with Crippen LogP contribution >= 0.6 is 11.6 Å². The minimum Gasteiger partial charge on any atom is -0.345 e. The van der Waals surface area contributed by atoms with E-state index in [1.54, 1.807) is 16.9 Å². The van der Waals surface area contributed by atoms with Crippen molar-refractivity contribution in [2.45, 2.75) is 13.1 Å². The van der Waals surface area contributed by atoms with Gasteiger partial charge in [-0.1, -0.05) is 35.9 Å². The Morgan fingerprint density at radius 3 is 2.69 bits per heavy atom. The molecule has 0 aliphatic carbocycles. The van der Waals surface area contributed by atoms with Gasteiger partial charge in [-0.15, -0.1) is 0 Å². The SMILES string of the molecule is Cn1nccc1-c1ccc(C(=O)N2Cc3cccn3Cc3ccccc32)c(Cl)c1. The first-order valence-corrected chi connectivity index (χ1v) is 9.81. The number of carbonyl (C=O) groups is 1. The van der Waals surface area contributed by atoms with Crippen LogP contribution in [0.1, 0.15) is 21.6 Å². The van der Waals surface area contributed by atoms with Crippen LogP contribution in [0.15, 0.2) is 73.1 Å². The smallest absolute Gasteiger partial charge is 0.260 e. The lowest BCUT2D eigenvalue weighted by Gasteiger charge is -2.23. The van der Waals surface area contributed by atoms with E-state index in [9.17, 15) is 4.79 Å². The number of amides is 1. The monoisotopic (exact) mass is 402 g/mol. The number of benzene rings is 2. The van der Waals surface area contributed by atoms with Gasteiger partial charge in [0.05, 0.1) is 22.8 Å². The maximum Gasteiger partial charge on any atom is 0.260 e. The normalized spacial score (nSPS) is 13.0. The summed E-state index contributed by atoms with van der Waals surface area (Å²) in [6, 6.07) is 19.6. The second kappa shape index (κ2) is 6.94. The summed E-state index contributed by atoms with van der Waals surface area (Å²) in [5.74, 6) is -0.103. The van der Waals surface area contributed by atoms with Crippen LogP contribution < -0.4 is 4.90 Å². The molecule has 144 valence electrons. The average molecular weight is 403 g/mol. The minimum absolute atomic E-state index is 0.103. The van der Waals surface area contributed by atoms with E-state index in [1.165, 1.54) is 0 Å². The van der Waals surface area contributed by atoms with Crippen LogP contribution in [0.3, 0.4) is 0 Å². The highest BCUT2D eigenvalue weighted by molar-refractivity contribution is 6.34. The van der Waals surface area contributed by atoms with Crippen molar-refractivity contribution in [1.29, 1.82) is 0 Å². The highest BCUT2D eigenvalue weighted by Crippen LogP contribution is 2.32. The highest BCUT2D eigenvalue weighted by atomic mass is 35.5. The number of nitrogens with zero attached hydrogens (tertiary/aromatic N) is 4. The zero-order chi connectivity index (χ0) is 20.0. The quantitative estimate of drug-likeness (QED) is 0.485. The Bertz CT molecular complexity index is 1220. The molecule has 1 aliphatic heterocycles. The van der Waals surface area contributed by atoms with E-state index < -0.39 is 0 Å². The zero-order valence-electron chi connectivity index (χ0n) is 15.9. The maximum absolute atomic E-state index is 13.5. The van der Waals surface area contributed by atoms with E-state index in [1.807, 2.05) is 54.4 Å². The van der Waals surface area contributed by atoms with Crippen molar-refractivity contribution in [2.75, 3.05) is 4.90 Å². The molecule has 0 fully saturated rings. The molecule has 0 atom stereocenters. The first-order chi connectivity index (χ1) is 14.1. The number of fused-ring (bicyclic) bond motifs is 2. The summed E-state index contributed by atoms with van der Waals surface area (Å²) in [7, 11) is 1.88. The number of anilines is 1. The predicted molar refractivity (Wildman–Crippen MR) is 114 cm³/mol. The molecule has 4 aromatic rings. The number of aryl methyl sites for hydroxylation is 1. The van der Waals surface area contributed by atoms with Crippen LogP contribution in [0.4, 0.5) is 5.69 Å². The molecular formula is C23H19ClN4O. The number of halogens is 1. The van der Waals surface area contributed by atoms with Crippen LogP contribution in [-0.2, 0) is 20.1 Å². The van der Waals surface area contributed by atoms with Crippen molar-refractivity contribution < 1.29 is 4.79 Å². The van der Waals surface area contributed by atoms with Gasteiger partial charge >= 0.3 is 0 Å². The zero-order valence-corrected chi connectivity index (χ0v) is 16.7. The Morgan fingerprint density at radius 2 is 1.90 bits per heavy atom. The topological polar surface area (TPSA) is 43.1 Å². The molecule has 0 saturated heterocycles. The van der Waals surface area contributed by atoms with Crippen LogP contribution in [0.2, 0.25) is 5.02 Å². The van der Waals surface area contributed by atoms with Crippen molar-refractivity contribution in [2.24, 2.45) is 7.05 Å². The first kappa shape index (κ1) is 17.8. The van der Waals surface area contributed by atoms with E-state index >= 15 is 0 Å². The van der Waals surface area contributed by atoms with Crippen LogP contribution in [0.5, 0.6) is 0 Å². The number of hydrogen-bond donors (Lipinski definition) is 0. The average Bonchev–Trinajstić information content (AvgIpc) is 3.31. The van der Waals surface area contributed by atoms with Gasteiger partial charge in [-0.05, 0) is 42.0 Å². The molecule has 0 unspecified atom stereocenters. The molecule has 3 heterocycles. The van der Waals surface area contributed by atoms with E-state index in [-0.39, 0.29) is 5.91 Å². The number of carbonyl (C=O) groups excluding carboxylic acids is 1. The molecule has 1 amide bonds. The number of rotatable bonds is 2. The van der Waals surface area contributed by atoms with E-state index in [0.717, 1.165) is 34.7 Å². The second-order valence-electron chi connectivity index (χ2n) is 7.18. The lowest BCUT2D eigenvalue weighted by molar-refractivity contribution is 0.0985. The summed E-state index contributed by atoms with van der Waals surface area (Å²) in [6.07, 6.45) is 3.79. The van der Waals surface area contributed by atoms with Gasteiger partial charge in [0, 0.05) is 42.9 Å². The minimum atomic E-state index is -0.103.